The summed E-state index contributed by atoms with van der Waals surface area (Å²) in [5.74, 6) is -1.82. The summed E-state index contributed by atoms with van der Waals surface area (Å²) in [5.41, 5.74) is 11.9. The minimum atomic E-state index is -0.717. The standard InChI is InChI=1S/C15H13FN2O3/c16-11-5-6-13(17)12(7-11)15(20)21-8-9-1-3-10(4-2-9)14(18)19/h1-7H,8,17H2,(H2,18,19). The second-order valence-corrected chi connectivity index (χ2v) is 4.37. The van der Waals surface area contributed by atoms with Gasteiger partial charge in [0.15, 0.2) is 0 Å². The third-order valence-electron chi connectivity index (χ3n) is 2.84. The van der Waals surface area contributed by atoms with Crippen molar-refractivity contribution >= 4 is 17.6 Å². The third-order valence-corrected chi connectivity index (χ3v) is 2.84. The van der Waals surface area contributed by atoms with Crippen LogP contribution in [0.1, 0.15) is 26.3 Å². The minimum absolute atomic E-state index is 0.0200. The molecule has 0 aliphatic carbocycles. The fourth-order valence-electron chi connectivity index (χ4n) is 1.70. The fraction of sp³-hybridized carbons (Fsp3) is 0.0667. The van der Waals surface area contributed by atoms with E-state index in [0.717, 1.165) is 12.1 Å². The average Bonchev–Trinajstić information content (AvgIpc) is 2.47. The summed E-state index contributed by atoms with van der Waals surface area (Å²) in [4.78, 5) is 22.7. The molecule has 4 N–H and O–H groups in total. The van der Waals surface area contributed by atoms with Crippen molar-refractivity contribution in [2.75, 3.05) is 5.73 Å². The maximum Gasteiger partial charge on any atom is 0.340 e. The molecule has 0 atom stereocenters. The zero-order chi connectivity index (χ0) is 15.4. The van der Waals surface area contributed by atoms with Gasteiger partial charge in [-0.05, 0) is 35.9 Å². The van der Waals surface area contributed by atoms with Crippen LogP contribution in [0.15, 0.2) is 42.5 Å². The van der Waals surface area contributed by atoms with Crippen molar-refractivity contribution in [3.05, 3.63) is 65.0 Å². The van der Waals surface area contributed by atoms with Crippen molar-refractivity contribution in [2.24, 2.45) is 5.73 Å². The molecule has 1 amide bonds. The lowest BCUT2D eigenvalue weighted by atomic mass is 10.1. The van der Waals surface area contributed by atoms with E-state index in [2.05, 4.69) is 0 Å². The van der Waals surface area contributed by atoms with Gasteiger partial charge in [0.05, 0.1) is 5.56 Å². The van der Waals surface area contributed by atoms with Crippen LogP contribution in [0.4, 0.5) is 10.1 Å². The van der Waals surface area contributed by atoms with Gasteiger partial charge in [0.1, 0.15) is 12.4 Å². The first-order valence-corrected chi connectivity index (χ1v) is 6.08. The highest BCUT2D eigenvalue weighted by atomic mass is 19.1. The Kier molecular flexibility index (Phi) is 4.18. The second-order valence-electron chi connectivity index (χ2n) is 4.37. The topological polar surface area (TPSA) is 95.4 Å². The van der Waals surface area contributed by atoms with Crippen molar-refractivity contribution < 1.29 is 18.7 Å². The number of anilines is 1. The van der Waals surface area contributed by atoms with Crippen LogP contribution in [0.2, 0.25) is 0 Å². The molecule has 108 valence electrons. The summed E-state index contributed by atoms with van der Waals surface area (Å²) in [5, 5.41) is 0. The molecule has 6 heteroatoms. The highest BCUT2D eigenvalue weighted by Crippen LogP contribution is 2.15. The molecular weight excluding hydrogens is 275 g/mol. The lowest BCUT2D eigenvalue weighted by Crippen LogP contribution is -2.11. The number of benzene rings is 2. The van der Waals surface area contributed by atoms with Gasteiger partial charge in [-0.25, -0.2) is 9.18 Å². The second kappa shape index (κ2) is 6.04. The zero-order valence-corrected chi connectivity index (χ0v) is 11.0. The van der Waals surface area contributed by atoms with Gasteiger partial charge >= 0.3 is 5.97 Å². The van der Waals surface area contributed by atoms with E-state index in [1.54, 1.807) is 12.1 Å². The highest BCUT2D eigenvalue weighted by Gasteiger charge is 2.12. The Bertz CT molecular complexity index is 684. The molecule has 0 spiro atoms. The molecule has 0 aliphatic rings. The van der Waals surface area contributed by atoms with Gasteiger partial charge in [-0.2, -0.15) is 0 Å². The molecule has 2 aromatic rings. The maximum atomic E-state index is 13.1. The molecule has 0 fully saturated rings. The van der Waals surface area contributed by atoms with Crippen LogP contribution >= 0.6 is 0 Å². The molecule has 0 aliphatic heterocycles. The monoisotopic (exact) mass is 288 g/mol. The number of hydrogen-bond donors (Lipinski definition) is 2. The smallest absolute Gasteiger partial charge is 0.340 e. The summed E-state index contributed by atoms with van der Waals surface area (Å²) < 4.78 is 18.1. The Hall–Kier alpha value is -2.89. The number of carbonyl (C=O) groups excluding carboxylic acids is 2. The van der Waals surface area contributed by atoms with Crippen molar-refractivity contribution in [1.29, 1.82) is 0 Å². The highest BCUT2D eigenvalue weighted by molar-refractivity contribution is 5.95. The number of carbonyl (C=O) groups is 2. The van der Waals surface area contributed by atoms with Crippen LogP contribution in [0, 0.1) is 5.82 Å². The lowest BCUT2D eigenvalue weighted by molar-refractivity contribution is 0.0473. The first kappa shape index (κ1) is 14.5. The predicted octanol–water partition coefficient (Wildman–Crippen LogP) is 1.86. The molecule has 0 heterocycles. The number of nitrogen functional groups attached to an aromatic ring is 1. The number of hydrogen-bond acceptors (Lipinski definition) is 4. The van der Waals surface area contributed by atoms with Crippen molar-refractivity contribution in [2.45, 2.75) is 6.61 Å². The number of rotatable bonds is 4. The molecular formula is C15H13FN2O3. The molecule has 0 bridgehead atoms. The predicted molar refractivity (Wildman–Crippen MR) is 74.9 cm³/mol. The van der Waals surface area contributed by atoms with E-state index in [0.29, 0.717) is 11.1 Å². The van der Waals surface area contributed by atoms with E-state index in [9.17, 15) is 14.0 Å². The van der Waals surface area contributed by atoms with Crippen molar-refractivity contribution in [3.63, 3.8) is 0 Å². The first-order chi connectivity index (χ1) is 9.97. The summed E-state index contributed by atoms with van der Waals surface area (Å²) in [6.07, 6.45) is 0. The molecule has 5 nitrogen and oxygen atoms in total. The summed E-state index contributed by atoms with van der Waals surface area (Å²) in [6, 6.07) is 9.77. The van der Waals surface area contributed by atoms with Crippen LogP contribution in [0.3, 0.4) is 0 Å². The van der Waals surface area contributed by atoms with E-state index in [4.69, 9.17) is 16.2 Å². The summed E-state index contributed by atoms with van der Waals surface area (Å²) in [6.45, 7) is -0.0200. The molecule has 0 saturated heterocycles. The Labute approximate surface area is 120 Å². The summed E-state index contributed by atoms with van der Waals surface area (Å²) in [7, 11) is 0. The lowest BCUT2D eigenvalue weighted by Gasteiger charge is -2.07. The fourth-order valence-corrected chi connectivity index (χ4v) is 1.70. The molecule has 2 rings (SSSR count). The minimum Gasteiger partial charge on any atom is -0.457 e. The number of ether oxygens (including phenoxy) is 1. The zero-order valence-electron chi connectivity index (χ0n) is 11.0. The van der Waals surface area contributed by atoms with Gasteiger partial charge in [-0.3, -0.25) is 4.79 Å². The number of halogens is 1. The van der Waals surface area contributed by atoms with Crippen molar-refractivity contribution in [3.8, 4) is 0 Å². The quantitative estimate of drug-likeness (QED) is 0.663. The van der Waals surface area contributed by atoms with E-state index in [1.807, 2.05) is 0 Å². The normalized spacial score (nSPS) is 10.1. The average molecular weight is 288 g/mol. The molecule has 21 heavy (non-hydrogen) atoms. The molecule has 0 radical (unpaired) electrons. The largest absolute Gasteiger partial charge is 0.457 e. The van der Waals surface area contributed by atoms with E-state index >= 15 is 0 Å². The van der Waals surface area contributed by atoms with Gasteiger partial charge in [-0.1, -0.05) is 12.1 Å². The Morgan fingerprint density at radius 3 is 2.38 bits per heavy atom. The van der Waals surface area contributed by atoms with Crippen molar-refractivity contribution in [1.82, 2.24) is 0 Å². The van der Waals surface area contributed by atoms with Gasteiger partial charge in [0.25, 0.3) is 0 Å². The molecule has 2 aromatic carbocycles. The van der Waals surface area contributed by atoms with Gasteiger partial charge in [-0.15, -0.1) is 0 Å². The number of nitrogens with two attached hydrogens (primary N) is 2. The number of esters is 1. The van der Waals surface area contributed by atoms with Gasteiger partial charge < -0.3 is 16.2 Å². The van der Waals surface area contributed by atoms with E-state index < -0.39 is 17.7 Å². The molecule has 0 saturated carbocycles. The number of primary amides is 1. The molecule has 0 aromatic heterocycles. The number of amides is 1. The maximum absolute atomic E-state index is 13.1. The Balaban J connectivity index is 2.04. The molecule has 0 unspecified atom stereocenters. The Morgan fingerprint density at radius 1 is 1.10 bits per heavy atom. The van der Waals surface area contributed by atoms with Gasteiger partial charge in [0, 0.05) is 11.3 Å². The van der Waals surface area contributed by atoms with E-state index in [1.165, 1.54) is 18.2 Å². The SMILES string of the molecule is NC(=O)c1ccc(COC(=O)c2cc(F)ccc2N)cc1. The van der Waals surface area contributed by atoms with Gasteiger partial charge in [0.2, 0.25) is 5.91 Å². The van der Waals surface area contributed by atoms with Crippen LogP contribution in [0.5, 0.6) is 0 Å². The van der Waals surface area contributed by atoms with Crippen LogP contribution in [-0.4, -0.2) is 11.9 Å². The van der Waals surface area contributed by atoms with E-state index in [-0.39, 0.29) is 17.9 Å². The van der Waals surface area contributed by atoms with Crippen LogP contribution in [0.25, 0.3) is 0 Å². The first-order valence-electron chi connectivity index (χ1n) is 6.08. The third kappa shape index (κ3) is 3.56. The Morgan fingerprint density at radius 2 is 1.76 bits per heavy atom. The van der Waals surface area contributed by atoms with Crippen LogP contribution in [-0.2, 0) is 11.3 Å². The van der Waals surface area contributed by atoms with Crippen LogP contribution < -0.4 is 11.5 Å². The summed E-state index contributed by atoms with van der Waals surface area (Å²) >= 11 is 0.